The van der Waals surface area contributed by atoms with Crippen LogP contribution in [-0.2, 0) is 0 Å². The van der Waals surface area contributed by atoms with Crippen molar-refractivity contribution in [2.24, 2.45) is 0 Å². The van der Waals surface area contributed by atoms with Crippen molar-refractivity contribution in [2.45, 2.75) is 51.3 Å². The van der Waals surface area contributed by atoms with E-state index in [1.165, 1.54) is 6.42 Å². The van der Waals surface area contributed by atoms with Crippen LogP contribution in [0.5, 0.6) is 0 Å². The number of nitrogens with one attached hydrogen (secondary N) is 1. The van der Waals surface area contributed by atoms with E-state index < -0.39 is 0 Å². The molecule has 0 aromatic rings. The molecule has 1 aliphatic rings. The van der Waals surface area contributed by atoms with E-state index in [0.717, 1.165) is 25.9 Å². The zero-order valence-electron chi connectivity index (χ0n) is 9.66. The fraction of sp³-hybridized carbons (Fsp3) is 1.00. The van der Waals surface area contributed by atoms with Gasteiger partial charge in [0.15, 0.2) is 0 Å². The molecule has 0 unspecified atom stereocenters. The molecule has 2 N–H and O–H groups in total. The minimum Gasteiger partial charge on any atom is -0.392 e. The number of likely N-dealkylation sites (N-methyl/N-ethyl adjacent to an activating group) is 1. The zero-order chi connectivity index (χ0) is 10.6. The molecule has 0 heterocycles. The highest BCUT2D eigenvalue weighted by Gasteiger charge is 2.24. The number of hydrogen-bond acceptors (Lipinski definition) is 3. The first kappa shape index (κ1) is 12.0. The first-order valence-electron chi connectivity index (χ1n) is 5.73. The molecule has 1 rings (SSSR count). The van der Waals surface area contributed by atoms with Crippen molar-refractivity contribution in [3.8, 4) is 0 Å². The number of rotatable bonds is 5. The molecule has 0 spiro atoms. The molecule has 3 nitrogen and oxygen atoms in total. The van der Waals surface area contributed by atoms with Crippen LogP contribution in [0.25, 0.3) is 0 Å². The minimum atomic E-state index is -0.112. The summed E-state index contributed by atoms with van der Waals surface area (Å²) < 4.78 is 0. The van der Waals surface area contributed by atoms with E-state index in [-0.39, 0.29) is 6.10 Å². The number of nitrogens with zero attached hydrogens (tertiary/aromatic N) is 1. The Balaban J connectivity index is 2.09. The van der Waals surface area contributed by atoms with E-state index in [1.54, 1.807) is 0 Å². The molecule has 0 aliphatic heterocycles. The molecular weight excluding hydrogens is 176 g/mol. The second-order valence-electron chi connectivity index (χ2n) is 4.63. The Morgan fingerprint density at radius 2 is 2.14 bits per heavy atom. The zero-order valence-corrected chi connectivity index (χ0v) is 9.66. The molecule has 0 radical (unpaired) electrons. The lowest BCUT2D eigenvalue weighted by molar-refractivity contribution is 0.146. The maximum atomic E-state index is 9.59. The van der Waals surface area contributed by atoms with Crippen LogP contribution in [0.2, 0.25) is 0 Å². The summed E-state index contributed by atoms with van der Waals surface area (Å²) in [5.41, 5.74) is 0. The first-order chi connectivity index (χ1) is 6.61. The smallest absolute Gasteiger partial charge is 0.0693 e. The van der Waals surface area contributed by atoms with Crippen LogP contribution in [0.1, 0.15) is 33.1 Å². The lowest BCUT2D eigenvalue weighted by atomic mass is 10.2. The molecule has 1 aliphatic carbocycles. The highest BCUT2D eigenvalue weighted by Crippen LogP contribution is 2.18. The van der Waals surface area contributed by atoms with Gasteiger partial charge in [0, 0.05) is 25.2 Å². The molecule has 0 amide bonds. The van der Waals surface area contributed by atoms with Crippen molar-refractivity contribution in [3.63, 3.8) is 0 Å². The van der Waals surface area contributed by atoms with Gasteiger partial charge in [0.1, 0.15) is 0 Å². The molecule has 1 saturated carbocycles. The highest BCUT2D eigenvalue weighted by atomic mass is 16.3. The van der Waals surface area contributed by atoms with Gasteiger partial charge in [-0.15, -0.1) is 0 Å². The van der Waals surface area contributed by atoms with Crippen molar-refractivity contribution in [3.05, 3.63) is 0 Å². The maximum absolute atomic E-state index is 9.59. The highest BCUT2D eigenvalue weighted by molar-refractivity contribution is 4.82. The van der Waals surface area contributed by atoms with Gasteiger partial charge in [0.2, 0.25) is 0 Å². The third-order valence-electron chi connectivity index (χ3n) is 3.23. The Bertz CT molecular complexity index is 161. The van der Waals surface area contributed by atoms with Crippen molar-refractivity contribution < 1.29 is 5.11 Å². The summed E-state index contributed by atoms with van der Waals surface area (Å²) in [6.07, 6.45) is 3.16. The Morgan fingerprint density at radius 1 is 1.43 bits per heavy atom. The Kier molecular flexibility index (Phi) is 4.85. The molecule has 0 saturated heterocycles. The minimum absolute atomic E-state index is 0.112. The van der Waals surface area contributed by atoms with E-state index in [0.29, 0.717) is 12.1 Å². The second kappa shape index (κ2) is 5.69. The fourth-order valence-corrected chi connectivity index (χ4v) is 1.86. The Hall–Kier alpha value is -0.120. The molecule has 3 heteroatoms. The van der Waals surface area contributed by atoms with Crippen LogP contribution < -0.4 is 5.32 Å². The predicted molar refractivity (Wildman–Crippen MR) is 59.4 cm³/mol. The third kappa shape index (κ3) is 3.56. The van der Waals surface area contributed by atoms with Gasteiger partial charge < -0.3 is 15.3 Å². The van der Waals surface area contributed by atoms with Gasteiger partial charge in [0.25, 0.3) is 0 Å². The van der Waals surface area contributed by atoms with Gasteiger partial charge in [-0.25, -0.2) is 0 Å². The maximum Gasteiger partial charge on any atom is 0.0693 e. The van der Waals surface area contributed by atoms with Crippen LogP contribution in [0.15, 0.2) is 0 Å². The molecule has 84 valence electrons. The summed E-state index contributed by atoms with van der Waals surface area (Å²) in [5.74, 6) is 0. The van der Waals surface area contributed by atoms with Gasteiger partial charge in [-0.05, 0) is 40.2 Å². The molecule has 2 atom stereocenters. The topological polar surface area (TPSA) is 35.5 Å². The monoisotopic (exact) mass is 200 g/mol. The Morgan fingerprint density at radius 3 is 2.64 bits per heavy atom. The molecule has 0 aromatic carbocycles. The first-order valence-corrected chi connectivity index (χ1v) is 5.73. The summed E-state index contributed by atoms with van der Waals surface area (Å²) in [5, 5.41) is 13.0. The average molecular weight is 200 g/mol. The van der Waals surface area contributed by atoms with Crippen molar-refractivity contribution >= 4 is 0 Å². The van der Waals surface area contributed by atoms with E-state index in [2.05, 4.69) is 31.1 Å². The molecule has 0 aromatic heterocycles. The molecule has 0 bridgehead atoms. The lowest BCUT2D eigenvalue weighted by Crippen LogP contribution is -2.41. The lowest BCUT2D eigenvalue weighted by Gasteiger charge is -2.23. The predicted octanol–water partition coefficient (Wildman–Crippen LogP) is 0.830. The van der Waals surface area contributed by atoms with E-state index in [4.69, 9.17) is 0 Å². The summed E-state index contributed by atoms with van der Waals surface area (Å²) >= 11 is 0. The van der Waals surface area contributed by atoms with Gasteiger partial charge in [-0.1, -0.05) is 0 Å². The summed E-state index contributed by atoms with van der Waals surface area (Å²) in [6.45, 7) is 6.44. The third-order valence-corrected chi connectivity index (χ3v) is 3.23. The van der Waals surface area contributed by atoms with Crippen molar-refractivity contribution in [1.82, 2.24) is 10.2 Å². The number of hydrogen-bond donors (Lipinski definition) is 2. The quantitative estimate of drug-likeness (QED) is 0.690. The SMILES string of the molecule is CC(C)N(C)CCN[C@H]1CCC[C@@H]1O. The summed E-state index contributed by atoms with van der Waals surface area (Å²) in [6, 6.07) is 0.945. The van der Waals surface area contributed by atoms with E-state index >= 15 is 0 Å². The fourth-order valence-electron chi connectivity index (χ4n) is 1.86. The Labute approximate surface area is 87.5 Å². The van der Waals surface area contributed by atoms with Gasteiger partial charge in [-0.2, -0.15) is 0 Å². The summed E-state index contributed by atoms with van der Waals surface area (Å²) in [4.78, 5) is 2.31. The molecule has 14 heavy (non-hydrogen) atoms. The van der Waals surface area contributed by atoms with Gasteiger partial charge in [-0.3, -0.25) is 0 Å². The van der Waals surface area contributed by atoms with Gasteiger partial charge >= 0.3 is 0 Å². The van der Waals surface area contributed by atoms with E-state index in [9.17, 15) is 5.11 Å². The van der Waals surface area contributed by atoms with Crippen LogP contribution >= 0.6 is 0 Å². The molecule has 1 fully saturated rings. The standard InChI is InChI=1S/C11H24N2O/c1-9(2)13(3)8-7-12-10-5-4-6-11(10)14/h9-12,14H,4-8H2,1-3H3/t10-,11-/m0/s1. The average Bonchev–Trinajstić information content (AvgIpc) is 2.51. The number of aliphatic hydroxyl groups excluding tert-OH is 1. The van der Waals surface area contributed by atoms with Crippen molar-refractivity contribution in [1.29, 1.82) is 0 Å². The molecular formula is C11H24N2O. The van der Waals surface area contributed by atoms with Crippen LogP contribution in [0.4, 0.5) is 0 Å². The van der Waals surface area contributed by atoms with Crippen LogP contribution in [0.3, 0.4) is 0 Å². The second-order valence-corrected chi connectivity index (χ2v) is 4.63. The van der Waals surface area contributed by atoms with Crippen LogP contribution in [-0.4, -0.2) is 48.3 Å². The van der Waals surface area contributed by atoms with E-state index in [1.807, 2.05) is 0 Å². The van der Waals surface area contributed by atoms with Crippen molar-refractivity contribution in [2.75, 3.05) is 20.1 Å². The largest absolute Gasteiger partial charge is 0.392 e. The normalized spacial score (nSPS) is 27.9. The van der Waals surface area contributed by atoms with Gasteiger partial charge in [0.05, 0.1) is 6.10 Å². The summed E-state index contributed by atoms with van der Waals surface area (Å²) in [7, 11) is 2.14. The van der Waals surface area contributed by atoms with Crippen LogP contribution in [0, 0.1) is 0 Å². The number of aliphatic hydroxyl groups is 1.